The van der Waals surface area contributed by atoms with E-state index in [0.29, 0.717) is 12.5 Å². The van der Waals surface area contributed by atoms with Gasteiger partial charge in [-0.1, -0.05) is 26.2 Å². The van der Waals surface area contributed by atoms with E-state index in [0.717, 1.165) is 31.4 Å². The van der Waals surface area contributed by atoms with Crippen LogP contribution in [0.15, 0.2) is 23.1 Å². The second kappa shape index (κ2) is 6.80. The molecule has 0 bridgehead atoms. The lowest BCUT2D eigenvalue weighted by atomic mass is 10.2. The Bertz CT molecular complexity index is 489. The van der Waals surface area contributed by atoms with E-state index < -0.39 is 26.6 Å². The average molecular weight is 277 g/mol. The van der Waals surface area contributed by atoms with Gasteiger partial charge in [-0.05, 0) is 24.6 Å². The number of halogens is 2. The molecule has 0 heterocycles. The number of hydrogen-bond acceptors (Lipinski definition) is 2. The number of sulfonamides is 1. The van der Waals surface area contributed by atoms with E-state index in [2.05, 4.69) is 4.72 Å². The van der Waals surface area contributed by atoms with Crippen molar-refractivity contribution in [2.45, 2.75) is 37.5 Å². The number of hydrogen-bond donors (Lipinski definition) is 1. The minimum Gasteiger partial charge on any atom is -0.211 e. The summed E-state index contributed by atoms with van der Waals surface area (Å²) in [7, 11) is -3.97. The largest absolute Gasteiger partial charge is 0.243 e. The molecule has 1 aromatic carbocycles. The van der Waals surface area contributed by atoms with Crippen molar-refractivity contribution in [3.05, 3.63) is 29.8 Å². The molecule has 0 aromatic heterocycles. The maximum atomic E-state index is 13.3. The molecule has 0 aliphatic heterocycles. The van der Waals surface area contributed by atoms with E-state index >= 15 is 0 Å². The van der Waals surface area contributed by atoms with Gasteiger partial charge in [0, 0.05) is 6.54 Å². The molecule has 6 heteroatoms. The van der Waals surface area contributed by atoms with Crippen molar-refractivity contribution >= 4 is 10.0 Å². The van der Waals surface area contributed by atoms with Gasteiger partial charge in [-0.2, -0.15) is 0 Å². The Morgan fingerprint density at radius 2 is 1.89 bits per heavy atom. The standard InChI is InChI=1S/C12H17F2NO2S/c1-2-3-4-5-8-15-18(16,17)12-9-10(13)6-7-11(12)14/h6-7,9,15H,2-5,8H2,1H3. The Morgan fingerprint density at radius 3 is 2.56 bits per heavy atom. The second-order valence-corrected chi connectivity index (χ2v) is 5.77. The minimum absolute atomic E-state index is 0.234. The molecule has 1 aromatic rings. The predicted octanol–water partition coefficient (Wildman–Crippen LogP) is 2.82. The van der Waals surface area contributed by atoms with Crippen LogP contribution in [0, 0.1) is 11.6 Å². The fourth-order valence-electron chi connectivity index (χ4n) is 1.52. The first-order valence-corrected chi connectivity index (χ1v) is 7.40. The summed E-state index contributed by atoms with van der Waals surface area (Å²) in [5.41, 5.74) is 0. The maximum Gasteiger partial charge on any atom is 0.243 e. The van der Waals surface area contributed by atoms with Gasteiger partial charge in [0.05, 0.1) is 0 Å². The van der Waals surface area contributed by atoms with Crippen molar-refractivity contribution in [2.75, 3.05) is 6.54 Å². The number of nitrogens with one attached hydrogen (secondary N) is 1. The smallest absolute Gasteiger partial charge is 0.211 e. The molecule has 0 aliphatic carbocycles. The molecule has 0 amide bonds. The molecular weight excluding hydrogens is 260 g/mol. The van der Waals surface area contributed by atoms with E-state index in [1.807, 2.05) is 6.92 Å². The first-order chi connectivity index (χ1) is 8.47. The Morgan fingerprint density at radius 1 is 1.17 bits per heavy atom. The van der Waals surface area contributed by atoms with E-state index in [1.165, 1.54) is 0 Å². The zero-order chi connectivity index (χ0) is 13.6. The summed E-state index contributed by atoms with van der Waals surface area (Å²) in [6, 6.07) is 2.38. The van der Waals surface area contributed by atoms with Crippen LogP contribution in [0.3, 0.4) is 0 Å². The number of rotatable bonds is 7. The lowest BCUT2D eigenvalue weighted by molar-refractivity contribution is 0.542. The third-order valence-electron chi connectivity index (χ3n) is 2.51. The third kappa shape index (κ3) is 4.34. The van der Waals surface area contributed by atoms with Crippen molar-refractivity contribution in [1.82, 2.24) is 4.72 Å². The summed E-state index contributed by atoms with van der Waals surface area (Å²) in [5.74, 6) is -1.72. The van der Waals surface area contributed by atoms with Crippen LogP contribution in [0.5, 0.6) is 0 Å². The van der Waals surface area contributed by atoms with Gasteiger partial charge >= 0.3 is 0 Å². The average Bonchev–Trinajstić information content (AvgIpc) is 2.32. The SMILES string of the molecule is CCCCCCNS(=O)(=O)c1cc(F)ccc1F. The van der Waals surface area contributed by atoms with Crippen molar-refractivity contribution in [3.8, 4) is 0 Å². The third-order valence-corrected chi connectivity index (χ3v) is 3.98. The quantitative estimate of drug-likeness (QED) is 0.779. The maximum absolute atomic E-state index is 13.3. The summed E-state index contributed by atoms with van der Waals surface area (Å²) in [4.78, 5) is -0.641. The van der Waals surface area contributed by atoms with Gasteiger partial charge in [-0.15, -0.1) is 0 Å². The van der Waals surface area contributed by atoms with E-state index in [9.17, 15) is 17.2 Å². The van der Waals surface area contributed by atoms with Crippen molar-refractivity contribution in [1.29, 1.82) is 0 Å². The van der Waals surface area contributed by atoms with E-state index in [4.69, 9.17) is 0 Å². The summed E-state index contributed by atoms with van der Waals surface area (Å²) in [5, 5.41) is 0. The lowest BCUT2D eigenvalue weighted by Gasteiger charge is -2.07. The molecule has 1 rings (SSSR count). The normalized spacial score (nSPS) is 11.7. The Balaban J connectivity index is 2.66. The molecular formula is C12H17F2NO2S. The molecule has 0 atom stereocenters. The fourth-order valence-corrected chi connectivity index (χ4v) is 2.68. The molecule has 0 fully saturated rings. The predicted molar refractivity (Wildman–Crippen MR) is 65.7 cm³/mol. The number of unbranched alkanes of at least 4 members (excludes halogenated alkanes) is 3. The molecule has 0 unspecified atom stereocenters. The van der Waals surface area contributed by atoms with Crippen LogP contribution < -0.4 is 4.72 Å². The highest BCUT2D eigenvalue weighted by Gasteiger charge is 2.19. The lowest BCUT2D eigenvalue weighted by Crippen LogP contribution is -2.25. The van der Waals surface area contributed by atoms with Crippen molar-refractivity contribution in [3.63, 3.8) is 0 Å². The highest BCUT2D eigenvalue weighted by atomic mass is 32.2. The van der Waals surface area contributed by atoms with Crippen LogP contribution in [0.4, 0.5) is 8.78 Å². The Labute approximate surface area is 106 Å². The summed E-state index contributed by atoms with van der Waals surface area (Å²) < 4.78 is 51.9. The van der Waals surface area contributed by atoms with Crippen LogP contribution >= 0.6 is 0 Å². The minimum atomic E-state index is -3.97. The molecule has 1 N–H and O–H groups in total. The molecule has 0 saturated heterocycles. The molecule has 18 heavy (non-hydrogen) atoms. The first-order valence-electron chi connectivity index (χ1n) is 5.92. The monoisotopic (exact) mass is 277 g/mol. The van der Waals surface area contributed by atoms with Crippen LogP contribution in [0.25, 0.3) is 0 Å². The molecule has 0 spiro atoms. The molecule has 102 valence electrons. The molecule has 0 radical (unpaired) electrons. The van der Waals surface area contributed by atoms with Gasteiger partial charge in [0.15, 0.2) is 0 Å². The van der Waals surface area contributed by atoms with Gasteiger partial charge in [0.2, 0.25) is 10.0 Å². The Kier molecular flexibility index (Phi) is 5.68. The summed E-state index contributed by atoms with van der Waals surface area (Å²) >= 11 is 0. The zero-order valence-electron chi connectivity index (χ0n) is 10.2. The van der Waals surface area contributed by atoms with E-state index in [-0.39, 0.29) is 6.54 Å². The first kappa shape index (κ1) is 15.0. The summed E-state index contributed by atoms with van der Waals surface area (Å²) in [6.45, 7) is 2.28. The topological polar surface area (TPSA) is 46.2 Å². The van der Waals surface area contributed by atoms with Crippen LogP contribution in [-0.4, -0.2) is 15.0 Å². The highest BCUT2D eigenvalue weighted by Crippen LogP contribution is 2.15. The highest BCUT2D eigenvalue weighted by molar-refractivity contribution is 7.89. The van der Waals surface area contributed by atoms with Crippen LogP contribution in [0.2, 0.25) is 0 Å². The van der Waals surface area contributed by atoms with Crippen molar-refractivity contribution in [2.24, 2.45) is 0 Å². The van der Waals surface area contributed by atoms with Gasteiger partial charge < -0.3 is 0 Å². The van der Waals surface area contributed by atoms with E-state index in [1.54, 1.807) is 0 Å². The van der Waals surface area contributed by atoms with Gasteiger partial charge in [0.1, 0.15) is 16.5 Å². The van der Waals surface area contributed by atoms with Gasteiger partial charge in [-0.3, -0.25) is 0 Å². The number of benzene rings is 1. The molecule has 3 nitrogen and oxygen atoms in total. The van der Waals surface area contributed by atoms with Crippen LogP contribution in [0.1, 0.15) is 32.6 Å². The van der Waals surface area contributed by atoms with Crippen molar-refractivity contribution < 1.29 is 17.2 Å². The molecule has 0 saturated carbocycles. The zero-order valence-corrected chi connectivity index (χ0v) is 11.1. The molecule has 0 aliphatic rings. The van der Waals surface area contributed by atoms with Gasteiger partial charge in [0.25, 0.3) is 0 Å². The fraction of sp³-hybridized carbons (Fsp3) is 0.500. The van der Waals surface area contributed by atoms with Gasteiger partial charge in [-0.25, -0.2) is 21.9 Å². The second-order valence-electron chi connectivity index (χ2n) is 4.03. The van der Waals surface area contributed by atoms with Crippen LogP contribution in [-0.2, 0) is 10.0 Å². The summed E-state index contributed by atoms with van der Waals surface area (Å²) in [6.07, 6.45) is 3.66. The Hall–Kier alpha value is -1.01.